The van der Waals surface area contributed by atoms with Crippen LogP contribution in [0, 0.1) is 0 Å². The molecule has 0 aliphatic rings. The fraction of sp³-hybridized carbons (Fsp3) is 0.333. The van der Waals surface area contributed by atoms with Crippen molar-refractivity contribution in [2.45, 2.75) is 18.8 Å². The number of alkyl halides is 6. The van der Waals surface area contributed by atoms with Crippen LogP contribution in [0.5, 0.6) is 11.5 Å². The zero-order valence-electron chi connectivity index (χ0n) is 19.2. The van der Waals surface area contributed by atoms with Crippen molar-refractivity contribution in [1.82, 2.24) is 0 Å². The van der Waals surface area contributed by atoms with Crippen LogP contribution in [0.4, 0.5) is 26.3 Å². The lowest BCUT2D eigenvalue weighted by atomic mass is 10.1. The Bertz CT molecular complexity index is 1050. The van der Waals surface area contributed by atoms with E-state index in [1.165, 1.54) is 24.3 Å². The van der Waals surface area contributed by atoms with Gasteiger partial charge in [0.25, 0.3) is 0 Å². The summed E-state index contributed by atoms with van der Waals surface area (Å²) >= 11 is -4.04. The average Bonchev–Trinajstić information content (AvgIpc) is 2.79. The molecule has 0 amide bonds. The van der Waals surface area contributed by atoms with Gasteiger partial charge in [-0.2, -0.15) is 26.3 Å². The smallest absolute Gasteiger partial charge is 0.437 e. The molecule has 2 rings (SSSR count). The zero-order valence-corrected chi connectivity index (χ0v) is 20.8. The molecule has 2 aromatic carbocycles. The maximum absolute atomic E-state index is 13.1. The Hall–Kier alpha value is -3.14. The standard InChI is InChI=1S/C21H20F6N2O6S2/c1-36(30)34-28-18(20(22,23)24)14-4-8-16(9-5-14)32-12-3-13-33-17-10-6-15(7-11-17)19(21(25,26)27)29-35-37(2)31/h4-11H,3,12-13H2,1-2H3/b28-18-,29-19-. The Balaban J connectivity index is 1.87. The summed E-state index contributed by atoms with van der Waals surface area (Å²) in [6, 6.07) is 9.61. The van der Waals surface area contributed by atoms with E-state index in [1.807, 2.05) is 0 Å². The molecule has 204 valence electrons. The number of nitrogens with zero attached hydrogens (tertiary/aromatic N) is 2. The first-order valence-electron chi connectivity index (χ1n) is 10.1. The third-order valence-corrected chi connectivity index (χ3v) is 4.65. The highest BCUT2D eigenvalue weighted by Gasteiger charge is 2.39. The van der Waals surface area contributed by atoms with Crippen molar-refractivity contribution in [3.63, 3.8) is 0 Å². The molecule has 0 saturated carbocycles. The lowest BCUT2D eigenvalue weighted by Gasteiger charge is -2.12. The third kappa shape index (κ3) is 10.4. The molecule has 0 saturated heterocycles. The van der Waals surface area contributed by atoms with Gasteiger partial charge in [-0.1, -0.05) is 10.3 Å². The molecule has 2 unspecified atom stereocenters. The monoisotopic (exact) mass is 574 g/mol. The van der Waals surface area contributed by atoms with Crippen molar-refractivity contribution < 1.29 is 52.8 Å². The normalized spacial score (nSPS) is 14.6. The number of halogens is 6. The van der Waals surface area contributed by atoms with Crippen LogP contribution >= 0.6 is 0 Å². The fourth-order valence-electron chi connectivity index (χ4n) is 2.57. The third-order valence-electron chi connectivity index (χ3n) is 4.09. The fourth-order valence-corrected chi connectivity index (χ4v) is 2.93. The molecule has 0 N–H and O–H groups in total. The molecule has 0 aromatic heterocycles. The highest BCUT2D eigenvalue weighted by molar-refractivity contribution is 7.79. The predicted octanol–water partition coefficient (Wildman–Crippen LogP) is 4.69. The van der Waals surface area contributed by atoms with Gasteiger partial charge in [0.15, 0.2) is 11.4 Å². The van der Waals surface area contributed by atoms with Crippen LogP contribution in [0.25, 0.3) is 0 Å². The first kappa shape index (κ1) is 30.1. The van der Waals surface area contributed by atoms with Gasteiger partial charge in [-0.05, 0) is 48.5 Å². The van der Waals surface area contributed by atoms with Gasteiger partial charge in [-0.15, -0.1) is 0 Å². The zero-order chi connectivity index (χ0) is 27.6. The van der Waals surface area contributed by atoms with E-state index < -0.39 is 45.9 Å². The lowest BCUT2D eigenvalue weighted by Crippen LogP contribution is -2.24. The van der Waals surface area contributed by atoms with E-state index in [0.29, 0.717) is 6.42 Å². The molecule has 0 radical (unpaired) electrons. The van der Waals surface area contributed by atoms with E-state index in [-0.39, 0.29) is 35.8 Å². The van der Waals surface area contributed by atoms with Crippen LogP contribution in [0.1, 0.15) is 17.5 Å². The Morgan fingerprint density at radius 3 is 1.27 bits per heavy atom. The number of ether oxygens (including phenoxy) is 2. The number of benzene rings is 2. The highest BCUT2D eigenvalue weighted by Crippen LogP contribution is 2.26. The van der Waals surface area contributed by atoms with Gasteiger partial charge in [0, 0.05) is 17.5 Å². The van der Waals surface area contributed by atoms with Crippen LogP contribution in [0.2, 0.25) is 0 Å². The molecule has 0 fully saturated rings. The van der Waals surface area contributed by atoms with Crippen LogP contribution in [0.3, 0.4) is 0 Å². The van der Waals surface area contributed by atoms with E-state index in [1.54, 1.807) is 0 Å². The van der Waals surface area contributed by atoms with Crippen molar-refractivity contribution in [1.29, 1.82) is 0 Å². The molecular weight excluding hydrogens is 554 g/mol. The molecular formula is C21H20F6N2O6S2. The van der Waals surface area contributed by atoms with Crippen LogP contribution in [-0.2, 0) is 30.7 Å². The Kier molecular flexibility index (Phi) is 10.9. The summed E-state index contributed by atoms with van der Waals surface area (Å²) in [5.41, 5.74) is -3.33. The van der Waals surface area contributed by atoms with Gasteiger partial charge >= 0.3 is 12.4 Å². The minimum absolute atomic E-state index is 0.131. The van der Waals surface area contributed by atoms with Gasteiger partial charge in [-0.25, -0.2) is 8.42 Å². The molecule has 37 heavy (non-hydrogen) atoms. The van der Waals surface area contributed by atoms with Crippen molar-refractivity contribution >= 4 is 33.6 Å². The van der Waals surface area contributed by atoms with E-state index >= 15 is 0 Å². The molecule has 0 spiro atoms. The number of hydrogen-bond donors (Lipinski definition) is 0. The molecule has 0 aliphatic heterocycles. The van der Waals surface area contributed by atoms with Crippen molar-refractivity contribution in [2.75, 3.05) is 25.7 Å². The number of oxime groups is 2. The van der Waals surface area contributed by atoms with E-state index in [0.717, 1.165) is 36.8 Å². The van der Waals surface area contributed by atoms with E-state index in [2.05, 4.69) is 18.9 Å². The van der Waals surface area contributed by atoms with Gasteiger partial charge in [0.2, 0.25) is 22.2 Å². The van der Waals surface area contributed by atoms with Crippen molar-refractivity contribution in [3.8, 4) is 11.5 Å². The number of rotatable bonds is 12. The van der Waals surface area contributed by atoms with Gasteiger partial charge in [0.1, 0.15) is 11.5 Å². The minimum atomic E-state index is -4.83. The predicted molar refractivity (Wildman–Crippen MR) is 124 cm³/mol. The molecule has 0 bridgehead atoms. The van der Waals surface area contributed by atoms with Gasteiger partial charge in [-0.3, -0.25) is 8.57 Å². The Morgan fingerprint density at radius 2 is 1.00 bits per heavy atom. The molecule has 8 nitrogen and oxygen atoms in total. The second kappa shape index (κ2) is 13.4. The largest absolute Gasteiger partial charge is 0.493 e. The first-order chi connectivity index (χ1) is 17.3. The lowest BCUT2D eigenvalue weighted by molar-refractivity contribution is -0.0605. The second-order valence-corrected chi connectivity index (χ2v) is 8.83. The molecule has 2 aromatic rings. The molecule has 16 heteroatoms. The first-order valence-corrected chi connectivity index (χ1v) is 13.0. The summed E-state index contributed by atoms with van der Waals surface area (Å²) in [5, 5.41) is 5.81. The Morgan fingerprint density at radius 1 is 0.676 bits per heavy atom. The van der Waals surface area contributed by atoms with Gasteiger partial charge < -0.3 is 9.47 Å². The summed E-state index contributed by atoms with van der Waals surface area (Å²) in [6.07, 6.45) is -7.26. The molecule has 0 heterocycles. The summed E-state index contributed by atoms with van der Waals surface area (Å²) in [4.78, 5) is 0. The quantitative estimate of drug-likeness (QED) is 0.158. The van der Waals surface area contributed by atoms with Crippen LogP contribution in [0.15, 0.2) is 58.8 Å². The molecule has 0 aliphatic carbocycles. The summed E-state index contributed by atoms with van der Waals surface area (Å²) < 4.78 is 120. The summed E-state index contributed by atoms with van der Waals surface area (Å²) in [7, 11) is 0. The van der Waals surface area contributed by atoms with Crippen LogP contribution < -0.4 is 9.47 Å². The van der Waals surface area contributed by atoms with Crippen LogP contribution in [-0.4, -0.2) is 57.9 Å². The SMILES string of the molecule is CS(=O)O/N=C(/c1ccc(OCCCOc2ccc(/C(=N/OS(C)=O)C(F)(F)F)cc2)cc1)C(F)(F)F. The maximum Gasteiger partial charge on any atom is 0.437 e. The van der Waals surface area contributed by atoms with E-state index in [4.69, 9.17) is 9.47 Å². The Labute approximate surface area is 212 Å². The minimum Gasteiger partial charge on any atom is -0.493 e. The number of hydrogen-bond acceptors (Lipinski definition) is 8. The van der Waals surface area contributed by atoms with Gasteiger partial charge in [0.05, 0.1) is 25.7 Å². The summed E-state index contributed by atoms with van der Waals surface area (Å²) in [5.74, 6) is 0.535. The highest BCUT2D eigenvalue weighted by atomic mass is 32.2. The topological polar surface area (TPSA) is 95.8 Å². The maximum atomic E-state index is 13.1. The average molecular weight is 575 g/mol. The summed E-state index contributed by atoms with van der Waals surface area (Å²) in [6.45, 7) is 0.262. The van der Waals surface area contributed by atoms with E-state index in [9.17, 15) is 34.8 Å². The molecule has 2 atom stereocenters. The van der Waals surface area contributed by atoms with Crippen molar-refractivity contribution in [3.05, 3.63) is 59.7 Å². The second-order valence-electron chi connectivity index (χ2n) is 6.93. The van der Waals surface area contributed by atoms with Crippen molar-refractivity contribution in [2.24, 2.45) is 10.3 Å².